The van der Waals surface area contributed by atoms with Gasteiger partial charge in [-0.3, -0.25) is 4.79 Å². The molecule has 0 aromatic carbocycles. The van der Waals surface area contributed by atoms with Crippen LogP contribution in [0.1, 0.15) is 32.6 Å². The largest absolute Gasteiger partial charge is 0.469 e. The Hall–Kier alpha value is -1.05. The number of methoxy groups -OCH3 is 1. The molecule has 0 aliphatic rings. The van der Waals surface area contributed by atoms with Gasteiger partial charge in [-0.25, -0.2) is 0 Å². The first kappa shape index (κ1) is 47.0. The van der Waals surface area contributed by atoms with Crippen LogP contribution in [-0.2, 0) is 71.1 Å². The van der Waals surface area contributed by atoms with E-state index in [-0.39, 0.29) is 12.4 Å². The molecule has 0 bridgehead atoms. The quantitative estimate of drug-likeness (QED) is 0.0674. The molecule has 0 aromatic rings. The number of hydrogen-bond donors (Lipinski definition) is 0. The lowest BCUT2D eigenvalue weighted by Gasteiger charge is -2.09. The fourth-order valence-corrected chi connectivity index (χ4v) is 3.45. The normalized spacial score (nSPS) is 11.5. The Morgan fingerprint density at radius 1 is 0.312 bits per heavy atom. The Balaban J connectivity index is 3.05. The summed E-state index contributed by atoms with van der Waals surface area (Å²) in [4.78, 5) is 10.9. The number of unbranched alkanes of at least 4 members (excludes halogenated alkanes) is 2. The monoisotopic (exact) mass is 702 g/mol. The molecule has 0 heterocycles. The summed E-state index contributed by atoms with van der Waals surface area (Å²) in [7, 11) is 1.35. The third-order valence-corrected chi connectivity index (χ3v) is 6.03. The zero-order valence-corrected chi connectivity index (χ0v) is 29.8. The van der Waals surface area contributed by atoms with Crippen molar-refractivity contribution in [1.82, 2.24) is 0 Å². The summed E-state index contributed by atoms with van der Waals surface area (Å²) >= 11 is 0. The van der Waals surface area contributed by atoms with Gasteiger partial charge in [0.1, 0.15) is 0 Å². The molecule has 0 amide bonds. The minimum atomic E-state index is -0.286. The third-order valence-electron chi connectivity index (χ3n) is 6.03. The second-order valence-electron chi connectivity index (χ2n) is 9.99. The first-order valence-corrected chi connectivity index (χ1v) is 17.4. The highest BCUT2D eigenvalue weighted by atomic mass is 16.6. The molecule has 0 aliphatic heterocycles. The molecular formula is C33H66O15. The molecule has 0 fully saturated rings. The Bertz CT molecular complexity index is 603. The molecule has 15 heteroatoms. The lowest BCUT2D eigenvalue weighted by Crippen LogP contribution is -2.15. The van der Waals surface area contributed by atoms with E-state index in [1.165, 1.54) is 20.0 Å². The average molecular weight is 703 g/mol. The van der Waals surface area contributed by atoms with Crippen LogP contribution in [0.5, 0.6) is 0 Å². The van der Waals surface area contributed by atoms with Crippen LogP contribution in [-0.4, -0.2) is 185 Å². The molecule has 0 rings (SSSR count). The van der Waals surface area contributed by atoms with E-state index in [2.05, 4.69) is 11.7 Å². The topological polar surface area (TPSA) is 146 Å². The summed E-state index contributed by atoms with van der Waals surface area (Å²) in [5, 5.41) is 0. The third kappa shape index (κ3) is 43.0. The van der Waals surface area contributed by atoms with Crippen molar-refractivity contribution in [3.05, 3.63) is 0 Å². The predicted octanol–water partition coefficient (Wildman–Crippen LogP) is 1.96. The molecular weight excluding hydrogens is 636 g/mol. The molecule has 0 spiro atoms. The Kier molecular flexibility index (Phi) is 43.0. The van der Waals surface area contributed by atoms with E-state index in [9.17, 15) is 4.79 Å². The predicted molar refractivity (Wildman–Crippen MR) is 177 cm³/mol. The van der Waals surface area contributed by atoms with E-state index in [0.717, 1.165) is 13.0 Å². The highest BCUT2D eigenvalue weighted by molar-refractivity contribution is 5.69. The Labute approximate surface area is 288 Å². The summed E-state index contributed by atoms with van der Waals surface area (Å²) in [6.45, 7) is 15.6. The fraction of sp³-hybridized carbons (Fsp3) is 0.970. The summed E-state index contributed by atoms with van der Waals surface area (Å²) < 4.78 is 75.3. The summed E-state index contributed by atoms with van der Waals surface area (Å²) in [6.07, 6.45) is 3.78. The van der Waals surface area contributed by atoms with Crippen molar-refractivity contribution in [3.63, 3.8) is 0 Å². The van der Waals surface area contributed by atoms with Crippen molar-refractivity contribution in [2.75, 3.05) is 179 Å². The van der Waals surface area contributed by atoms with Gasteiger partial charge in [0.15, 0.2) is 0 Å². The molecule has 15 nitrogen and oxygen atoms in total. The van der Waals surface area contributed by atoms with Crippen molar-refractivity contribution >= 4 is 5.97 Å². The number of ether oxygens (including phenoxy) is 14. The van der Waals surface area contributed by atoms with Crippen molar-refractivity contribution < 1.29 is 71.1 Å². The molecule has 288 valence electrons. The standard InChI is InChI=1S/C33H66O15/c1-3-4-5-7-36-9-11-38-13-15-40-17-19-42-21-23-44-25-27-46-29-31-48-32-30-47-28-26-45-24-22-43-20-18-41-16-14-39-12-10-37-8-6-33(34)35-2/h3-32H2,1-2H3. The van der Waals surface area contributed by atoms with Crippen LogP contribution in [0.25, 0.3) is 0 Å². The summed E-state index contributed by atoms with van der Waals surface area (Å²) in [5.41, 5.74) is 0. The highest BCUT2D eigenvalue weighted by Gasteiger charge is 2.00. The maximum atomic E-state index is 10.9. The van der Waals surface area contributed by atoms with Crippen LogP contribution in [0.3, 0.4) is 0 Å². The number of carbonyl (C=O) groups is 1. The van der Waals surface area contributed by atoms with Gasteiger partial charge in [-0.05, 0) is 6.42 Å². The summed E-state index contributed by atoms with van der Waals surface area (Å²) in [6, 6.07) is 0. The Morgan fingerprint density at radius 3 is 0.729 bits per heavy atom. The minimum Gasteiger partial charge on any atom is -0.469 e. The molecule has 0 saturated carbocycles. The fourth-order valence-electron chi connectivity index (χ4n) is 3.45. The van der Waals surface area contributed by atoms with Crippen LogP contribution < -0.4 is 0 Å². The number of hydrogen-bond acceptors (Lipinski definition) is 15. The van der Waals surface area contributed by atoms with Gasteiger partial charge in [0.2, 0.25) is 0 Å². The first-order chi connectivity index (χ1) is 23.8. The van der Waals surface area contributed by atoms with Gasteiger partial charge in [-0.15, -0.1) is 0 Å². The molecule has 0 unspecified atom stereocenters. The zero-order chi connectivity index (χ0) is 34.7. The maximum Gasteiger partial charge on any atom is 0.307 e. The van der Waals surface area contributed by atoms with Crippen LogP contribution in [0, 0.1) is 0 Å². The smallest absolute Gasteiger partial charge is 0.307 e. The van der Waals surface area contributed by atoms with E-state index in [4.69, 9.17) is 61.6 Å². The van der Waals surface area contributed by atoms with Gasteiger partial charge in [0.25, 0.3) is 0 Å². The molecule has 0 radical (unpaired) electrons. The number of carbonyl (C=O) groups excluding carboxylic acids is 1. The van der Waals surface area contributed by atoms with Gasteiger partial charge < -0.3 is 66.3 Å². The van der Waals surface area contributed by atoms with Crippen LogP contribution in [0.15, 0.2) is 0 Å². The maximum absolute atomic E-state index is 10.9. The molecule has 48 heavy (non-hydrogen) atoms. The lowest BCUT2D eigenvalue weighted by molar-refractivity contribution is -0.141. The molecule has 0 aliphatic carbocycles. The average Bonchev–Trinajstić information content (AvgIpc) is 3.10. The van der Waals surface area contributed by atoms with Crippen molar-refractivity contribution in [2.45, 2.75) is 32.6 Å². The van der Waals surface area contributed by atoms with E-state index in [1.54, 1.807) is 0 Å². The Morgan fingerprint density at radius 2 is 0.521 bits per heavy atom. The van der Waals surface area contributed by atoms with Gasteiger partial charge in [0, 0.05) is 6.61 Å². The van der Waals surface area contributed by atoms with Gasteiger partial charge >= 0.3 is 5.97 Å². The molecule has 0 N–H and O–H groups in total. The van der Waals surface area contributed by atoms with Crippen LogP contribution in [0.4, 0.5) is 0 Å². The van der Waals surface area contributed by atoms with E-state index in [0.29, 0.717) is 165 Å². The number of rotatable bonds is 43. The highest BCUT2D eigenvalue weighted by Crippen LogP contribution is 1.94. The second kappa shape index (κ2) is 44.0. The zero-order valence-electron chi connectivity index (χ0n) is 29.8. The van der Waals surface area contributed by atoms with Gasteiger partial charge in [0.05, 0.1) is 179 Å². The lowest BCUT2D eigenvalue weighted by atomic mass is 10.3. The number of esters is 1. The van der Waals surface area contributed by atoms with Crippen LogP contribution in [0.2, 0.25) is 0 Å². The summed E-state index contributed by atoms with van der Waals surface area (Å²) in [5.74, 6) is -0.286. The van der Waals surface area contributed by atoms with E-state index < -0.39 is 0 Å². The van der Waals surface area contributed by atoms with Crippen molar-refractivity contribution in [2.24, 2.45) is 0 Å². The van der Waals surface area contributed by atoms with E-state index in [1.807, 2.05) is 0 Å². The molecule has 0 atom stereocenters. The minimum absolute atomic E-state index is 0.244. The van der Waals surface area contributed by atoms with Crippen molar-refractivity contribution in [1.29, 1.82) is 0 Å². The SMILES string of the molecule is CCCCCOCCOCCOCCOCCOCCOCCOCCOCCOCCOCCOCCOCCOCCC(=O)OC. The van der Waals surface area contributed by atoms with Gasteiger partial charge in [-0.1, -0.05) is 19.8 Å². The molecule has 0 aromatic heterocycles. The van der Waals surface area contributed by atoms with Crippen LogP contribution >= 0.6 is 0 Å². The second-order valence-corrected chi connectivity index (χ2v) is 9.99. The first-order valence-electron chi connectivity index (χ1n) is 17.4. The van der Waals surface area contributed by atoms with E-state index >= 15 is 0 Å². The van der Waals surface area contributed by atoms with Gasteiger partial charge in [-0.2, -0.15) is 0 Å². The molecule has 0 saturated heterocycles. The van der Waals surface area contributed by atoms with Crippen molar-refractivity contribution in [3.8, 4) is 0 Å².